The van der Waals surface area contributed by atoms with Crippen LogP contribution in [0.25, 0.3) is 0 Å². The van der Waals surface area contributed by atoms with Crippen LogP contribution in [0.15, 0.2) is 18.2 Å². The lowest BCUT2D eigenvalue weighted by molar-refractivity contribution is -0.120. The quantitative estimate of drug-likeness (QED) is 0.818. The summed E-state index contributed by atoms with van der Waals surface area (Å²) in [6.07, 6.45) is 1.35. The van der Waals surface area contributed by atoms with Crippen LogP contribution in [0.4, 0.5) is 0 Å². The molecule has 2 aliphatic heterocycles. The van der Waals surface area contributed by atoms with Gasteiger partial charge in [0.2, 0.25) is 5.91 Å². The molecule has 2 unspecified atom stereocenters. The van der Waals surface area contributed by atoms with Gasteiger partial charge in [0.25, 0.3) is 0 Å². The van der Waals surface area contributed by atoms with Crippen LogP contribution in [0.2, 0.25) is 0 Å². The Labute approximate surface area is 106 Å². The van der Waals surface area contributed by atoms with Crippen molar-refractivity contribution in [3.05, 3.63) is 23.8 Å². The van der Waals surface area contributed by atoms with E-state index in [1.54, 1.807) is 7.11 Å². The molecule has 0 saturated carbocycles. The second-order valence-corrected chi connectivity index (χ2v) is 5.21. The fourth-order valence-electron chi connectivity index (χ4n) is 2.94. The van der Waals surface area contributed by atoms with Crippen LogP contribution in [-0.4, -0.2) is 25.2 Å². The molecule has 4 nitrogen and oxygen atoms in total. The van der Waals surface area contributed by atoms with Crippen LogP contribution >= 0.6 is 0 Å². The summed E-state index contributed by atoms with van der Waals surface area (Å²) in [7, 11) is 1.66. The first-order chi connectivity index (χ1) is 8.64. The van der Waals surface area contributed by atoms with Crippen molar-refractivity contribution >= 4 is 5.91 Å². The number of methoxy groups -OCH3 is 1. The van der Waals surface area contributed by atoms with Gasteiger partial charge in [-0.25, -0.2) is 0 Å². The van der Waals surface area contributed by atoms with Crippen molar-refractivity contribution < 1.29 is 14.3 Å². The molecule has 1 spiro atoms. The number of benzene rings is 1. The van der Waals surface area contributed by atoms with Crippen LogP contribution in [0.3, 0.4) is 0 Å². The van der Waals surface area contributed by atoms with Gasteiger partial charge in [-0.3, -0.25) is 4.79 Å². The van der Waals surface area contributed by atoms with Gasteiger partial charge in [-0.1, -0.05) is 13.0 Å². The Bertz CT molecular complexity index is 486. The standard InChI is InChI=1S/C14H17NO3/c1-9-6-13(16)15-14(9)7-10-11(17-2)4-3-5-12(10)18-8-14/h3-5,9H,6-8H2,1-2H3,(H,15,16). The largest absolute Gasteiger partial charge is 0.496 e. The molecule has 2 atom stereocenters. The maximum atomic E-state index is 11.6. The molecule has 96 valence electrons. The first-order valence-electron chi connectivity index (χ1n) is 6.24. The lowest BCUT2D eigenvalue weighted by Gasteiger charge is -2.38. The highest BCUT2D eigenvalue weighted by atomic mass is 16.5. The molecular weight excluding hydrogens is 230 g/mol. The van der Waals surface area contributed by atoms with Gasteiger partial charge in [-0.15, -0.1) is 0 Å². The van der Waals surface area contributed by atoms with Gasteiger partial charge in [-0.2, -0.15) is 0 Å². The first kappa shape index (κ1) is 11.4. The van der Waals surface area contributed by atoms with Crippen molar-refractivity contribution in [3.63, 3.8) is 0 Å². The van der Waals surface area contributed by atoms with E-state index < -0.39 is 0 Å². The summed E-state index contributed by atoms with van der Waals surface area (Å²) in [5, 5.41) is 3.09. The maximum absolute atomic E-state index is 11.6. The van der Waals surface area contributed by atoms with E-state index in [-0.39, 0.29) is 17.4 Å². The second-order valence-electron chi connectivity index (χ2n) is 5.21. The van der Waals surface area contributed by atoms with Crippen molar-refractivity contribution in [3.8, 4) is 11.5 Å². The van der Waals surface area contributed by atoms with Crippen LogP contribution in [0.5, 0.6) is 11.5 Å². The zero-order valence-electron chi connectivity index (χ0n) is 10.7. The van der Waals surface area contributed by atoms with Gasteiger partial charge in [0, 0.05) is 18.4 Å². The van der Waals surface area contributed by atoms with Gasteiger partial charge in [0.15, 0.2) is 0 Å². The number of carbonyl (C=O) groups is 1. The third-order valence-corrected chi connectivity index (χ3v) is 4.11. The molecule has 18 heavy (non-hydrogen) atoms. The van der Waals surface area contributed by atoms with E-state index in [0.29, 0.717) is 13.0 Å². The molecule has 1 aromatic rings. The minimum absolute atomic E-state index is 0.115. The number of ether oxygens (including phenoxy) is 2. The summed E-state index contributed by atoms with van der Waals surface area (Å²) in [6.45, 7) is 2.64. The normalized spacial score (nSPS) is 29.7. The van der Waals surface area contributed by atoms with Crippen LogP contribution in [-0.2, 0) is 11.2 Å². The Morgan fingerprint density at radius 1 is 1.50 bits per heavy atom. The highest BCUT2D eigenvalue weighted by molar-refractivity contribution is 5.80. The molecule has 0 aromatic heterocycles. The highest BCUT2D eigenvalue weighted by Gasteiger charge is 2.47. The van der Waals surface area contributed by atoms with Crippen molar-refractivity contribution in [1.82, 2.24) is 5.32 Å². The molecule has 1 N–H and O–H groups in total. The van der Waals surface area contributed by atoms with Gasteiger partial charge in [0.1, 0.15) is 18.1 Å². The number of nitrogens with one attached hydrogen (secondary N) is 1. The molecule has 4 heteroatoms. The molecule has 0 aliphatic carbocycles. The van der Waals surface area contributed by atoms with Crippen molar-refractivity contribution in [2.45, 2.75) is 25.3 Å². The van der Waals surface area contributed by atoms with E-state index in [1.807, 2.05) is 18.2 Å². The molecule has 1 saturated heterocycles. The Kier molecular flexibility index (Phi) is 2.47. The van der Waals surface area contributed by atoms with Crippen molar-refractivity contribution in [1.29, 1.82) is 0 Å². The van der Waals surface area contributed by atoms with Crippen LogP contribution in [0, 0.1) is 5.92 Å². The molecule has 3 rings (SSSR count). The van der Waals surface area contributed by atoms with E-state index in [0.717, 1.165) is 23.5 Å². The number of hydrogen-bond donors (Lipinski definition) is 1. The summed E-state index contributed by atoms with van der Waals surface area (Å²) in [6, 6.07) is 5.81. The fraction of sp³-hybridized carbons (Fsp3) is 0.500. The monoisotopic (exact) mass is 247 g/mol. The summed E-state index contributed by atoms with van der Waals surface area (Å²) < 4.78 is 11.2. The smallest absolute Gasteiger partial charge is 0.220 e. The molecule has 2 heterocycles. The van der Waals surface area contributed by atoms with E-state index in [2.05, 4.69) is 12.2 Å². The van der Waals surface area contributed by atoms with Gasteiger partial charge < -0.3 is 14.8 Å². The summed E-state index contributed by atoms with van der Waals surface area (Å²) in [5.74, 6) is 2.10. The van der Waals surface area contributed by atoms with Crippen LogP contribution in [0.1, 0.15) is 18.9 Å². The van der Waals surface area contributed by atoms with Crippen LogP contribution < -0.4 is 14.8 Å². The van der Waals surface area contributed by atoms with Gasteiger partial charge in [0.05, 0.1) is 12.6 Å². The summed E-state index contributed by atoms with van der Waals surface area (Å²) in [5.41, 5.74) is 0.791. The predicted octanol–water partition coefficient (Wildman–Crippen LogP) is 1.52. The molecule has 2 aliphatic rings. The predicted molar refractivity (Wildman–Crippen MR) is 66.8 cm³/mol. The second kappa shape index (κ2) is 3.90. The molecule has 0 bridgehead atoms. The van der Waals surface area contributed by atoms with Crippen molar-refractivity contribution in [2.24, 2.45) is 5.92 Å². The average Bonchev–Trinajstić information content (AvgIpc) is 2.63. The minimum Gasteiger partial charge on any atom is -0.496 e. The lowest BCUT2D eigenvalue weighted by Crippen LogP contribution is -2.54. The number of fused-ring (bicyclic) bond motifs is 1. The molecule has 1 amide bonds. The molecule has 1 aromatic carbocycles. The number of amides is 1. The zero-order chi connectivity index (χ0) is 12.8. The van der Waals surface area contributed by atoms with Gasteiger partial charge >= 0.3 is 0 Å². The molecule has 1 fully saturated rings. The van der Waals surface area contributed by atoms with E-state index >= 15 is 0 Å². The molecular formula is C14H17NO3. The lowest BCUT2D eigenvalue weighted by atomic mass is 9.80. The fourth-order valence-corrected chi connectivity index (χ4v) is 2.94. The topological polar surface area (TPSA) is 47.6 Å². The summed E-state index contributed by atoms with van der Waals surface area (Å²) >= 11 is 0. The Morgan fingerprint density at radius 2 is 2.33 bits per heavy atom. The first-order valence-corrected chi connectivity index (χ1v) is 6.24. The third kappa shape index (κ3) is 1.55. The number of carbonyl (C=O) groups excluding carboxylic acids is 1. The summed E-state index contributed by atoms with van der Waals surface area (Å²) in [4.78, 5) is 11.6. The Hall–Kier alpha value is -1.71. The molecule has 0 radical (unpaired) electrons. The minimum atomic E-state index is -0.265. The van der Waals surface area contributed by atoms with Gasteiger partial charge in [-0.05, 0) is 18.1 Å². The third-order valence-electron chi connectivity index (χ3n) is 4.11. The van der Waals surface area contributed by atoms with E-state index in [4.69, 9.17) is 9.47 Å². The number of hydrogen-bond acceptors (Lipinski definition) is 3. The van der Waals surface area contributed by atoms with Crippen molar-refractivity contribution in [2.75, 3.05) is 13.7 Å². The average molecular weight is 247 g/mol. The van der Waals surface area contributed by atoms with E-state index in [1.165, 1.54) is 0 Å². The SMILES string of the molecule is COc1cccc2c1CC1(CO2)NC(=O)CC1C. The zero-order valence-corrected chi connectivity index (χ0v) is 10.7. The Morgan fingerprint density at radius 3 is 3.00 bits per heavy atom. The number of rotatable bonds is 1. The van der Waals surface area contributed by atoms with E-state index in [9.17, 15) is 4.79 Å². The maximum Gasteiger partial charge on any atom is 0.220 e. The Balaban J connectivity index is 2.00. The highest BCUT2D eigenvalue weighted by Crippen LogP contribution is 2.41.